The molecule has 0 aromatic heterocycles. The van der Waals surface area contributed by atoms with Crippen LogP contribution in [-0.4, -0.2) is 42.6 Å². The number of rotatable bonds is 19. The van der Waals surface area contributed by atoms with E-state index in [1.54, 1.807) is 13.8 Å². The first kappa shape index (κ1) is 33.4. The molecular formula is C34H50O6. The zero-order valence-corrected chi connectivity index (χ0v) is 25.3. The molecule has 0 radical (unpaired) electrons. The molecule has 0 fully saturated rings. The van der Waals surface area contributed by atoms with E-state index in [-0.39, 0.29) is 26.4 Å². The molecule has 0 aliphatic carbocycles. The van der Waals surface area contributed by atoms with Crippen LogP contribution in [0.1, 0.15) is 88.8 Å². The first-order valence-electron chi connectivity index (χ1n) is 14.7. The lowest BCUT2D eigenvalue weighted by molar-refractivity contribution is -0.140. The number of carbonyl (C=O) groups is 1. The monoisotopic (exact) mass is 554 g/mol. The minimum Gasteiger partial charge on any atom is -0.493 e. The van der Waals surface area contributed by atoms with Gasteiger partial charge in [0.25, 0.3) is 0 Å². The highest BCUT2D eigenvalue weighted by Crippen LogP contribution is 2.34. The normalized spacial score (nSPS) is 11.4. The third kappa shape index (κ3) is 10.6. The number of ether oxygens (including phenoxy) is 3. The van der Waals surface area contributed by atoms with E-state index >= 15 is 0 Å². The molecule has 0 bridgehead atoms. The van der Waals surface area contributed by atoms with Crippen LogP contribution < -0.4 is 9.47 Å². The van der Waals surface area contributed by atoms with Crippen molar-refractivity contribution < 1.29 is 29.2 Å². The summed E-state index contributed by atoms with van der Waals surface area (Å²) in [6.45, 7) is 13.9. The third-order valence-corrected chi connectivity index (χ3v) is 7.15. The van der Waals surface area contributed by atoms with E-state index in [1.807, 2.05) is 32.0 Å². The Bertz CT molecular complexity index is 1060. The van der Waals surface area contributed by atoms with Crippen molar-refractivity contribution in [1.82, 2.24) is 0 Å². The number of aryl methyl sites for hydroxylation is 2. The molecule has 2 N–H and O–H groups in total. The van der Waals surface area contributed by atoms with Crippen LogP contribution in [0.15, 0.2) is 42.5 Å². The molecule has 0 amide bonds. The van der Waals surface area contributed by atoms with Crippen LogP contribution in [0.25, 0.3) is 11.1 Å². The second kappa shape index (κ2) is 17.1. The van der Waals surface area contributed by atoms with Gasteiger partial charge in [0.05, 0.1) is 26.4 Å². The third-order valence-electron chi connectivity index (χ3n) is 7.15. The van der Waals surface area contributed by atoms with E-state index < -0.39 is 11.4 Å². The van der Waals surface area contributed by atoms with Crippen molar-refractivity contribution >= 4 is 5.97 Å². The van der Waals surface area contributed by atoms with Crippen molar-refractivity contribution in [1.29, 1.82) is 0 Å². The Labute approximate surface area is 241 Å². The largest absolute Gasteiger partial charge is 0.493 e. The van der Waals surface area contributed by atoms with Crippen molar-refractivity contribution in [2.75, 3.05) is 26.4 Å². The molecule has 2 aromatic carbocycles. The summed E-state index contributed by atoms with van der Waals surface area (Å²) < 4.78 is 17.7. The first-order chi connectivity index (χ1) is 19.1. The van der Waals surface area contributed by atoms with E-state index in [9.17, 15) is 15.0 Å². The topological polar surface area (TPSA) is 85.2 Å². The highest BCUT2D eigenvalue weighted by Gasteiger charge is 2.24. The van der Waals surface area contributed by atoms with Crippen LogP contribution in [0.5, 0.6) is 11.5 Å². The molecule has 0 unspecified atom stereocenters. The van der Waals surface area contributed by atoms with Crippen molar-refractivity contribution in [2.24, 2.45) is 5.41 Å². The first-order valence-corrected chi connectivity index (χ1v) is 14.7. The highest BCUT2D eigenvalue weighted by molar-refractivity contribution is 5.87. The zero-order chi connectivity index (χ0) is 29.5. The lowest BCUT2D eigenvalue weighted by Crippen LogP contribution is -2.33. The molecule has 222 valence electrons. The maximum atomic E-state index is 12.1. The fraction of sp³-hybridized carbons (Fsp3) is 0.559. The fourth-order valence-corrected chi connectivity index (χ4v) is 4.43. The molecule has 6 heteroatoms. The van der Waals surface area contributed by atoms with Crippen molar-refractivity contribution in [3.05, 3.63) is 59.2 Å². The summed E-state index contributed by atoms with van der Waals surface area (Å²) in [7, 11) is 0. The van der Waals surface area contributed by atoms with Crippen molar-refractivity contribution in [3.8, 4) is 22.6 Å². The van der Waals surface area contributed by atoms with Gasteiger partial charge in [-0.1, -0.05) is 71.4 Å². The maximum Gasteiger partial charge on any atom is 0.333 e. The summed E-state index contributed by atoms with van der Waals surface area (Å²) in [4.78, 5) is 12.1. The lowest BCUT2D eigenvalue weighted by atomic mass is 9.94. The number of unbranched alkanes of at least 4 members (excludes halogenated alkanes) is 7. The minimum atomic E-state index is -0.710. The molecule has 0 atom stereocenters. The Hall–Kier alpha value is -2.83. The van der Waals surface area contributed by atoms with E-state index in [1.165, 1.54) is 38.5 Å². The average Bonchev–Trinajstić information content (AvgIpc) is 2.94. The predicted octanol–water partition coefficient (Wildman–Crippen LogP) is 7.48. The maximum absolute atomic E-state index is 12.1. The SMILES string of the molecule is C=C(C)C(=O)OCc1cc(-c2cc(C)c(OCC(C)(CO)CO)c(C)c2)ccc1OCCCCCCCCCC. The zero-order valence-electron chi connectivity index (χ0n) is 25.3. The molecule has 0 saturated heterocycles. The van der Waals surface area contributed by atoms with Gasteiger partial charge in [-0.25, -0.2) is 4.79 Å². The second-order valence-corrected chi connectivity index (χ2v) is 11.4. The Morgan fingerprint density at radius 1 is 0.875 bits per heavy atom. The molecule has 40 heavy (non-hydrogen) atoms. The minimum absolute atomic E-state index is 0.104. The summed E-state index contributed by atoms with van der Waals surface area (Å²) in [5.74, 6) is 1.05. The molecule has 0 saturated carbocycles. The van der Waals surface area contributed by atoms with Gasteiger partial charge in [0.15, 0.2) is 0 Å². The van der Waals surface area contributed by atoms with E-state index in [2.05, 4.69) is 25.6 Å². The average molecular weight is 555 g/mol. The van der Waals surface area contributed by atoms with Crippen molar-refractivity contribution in [2.45, 2.75) is 92.6 Å². The molecule has 2 rings (SSSR count). The Morgan fingerprint density at radius 3 is 2.05 bits per heavy atom. The molecule has 0 spiro atoms. The standard InChI is InChI=1S/C34H50O6/c1-7-8-9-10-11-12-13-14-17-38-31-16-15-28(20-30(31)21-39-33(37)25(2)3)29-18-26(4)32(27(5)19-29)40-24-34(6,22-35)23-36/h15-16,18-20,35-36H,2,7-14,17,21-24H2,1,3-6H3. The van der Waals surface area contributed by atoms with Crippen LogP contribution in [0, 0.1) is 19.3 Å². The molecule has 0 aliphatic rings. The van der Waals surface area contributed by atoms with Gasteiger partial charge in [0.1, 0.15) is 18.1 Å². The van der Waals surface area contributed by atoms with Gasteiger partial charge in [0.2, 0.25) is 0 Å². The number of aliphatic hydroxyl groups is 2. The number of carbonyl (C=O) groups excluding carboxylic acids is 1. The Kier molecular flexibility index (Phi) is 14.3. The number of hydrogen-bond acceptors (Lipinski definition) is 6. The van der Waals surface area contributed by atoms with Crippen LogP contribution in [0.2, 0.25) is 0 Å². The van der Waals surface area contributed by atoms with Gasteiger partial charge in [-0.3, -0.25) is 0 Å². The summed E-state index contributed by atoms with van der Waals surface area (Å²) in [5.41, 5.74) is 4.36. The summed E-state index contributed by atoms with van der Waals surface area (Å²) in [6.07, 6.45) is 9.88. The summed E-state index contributed by atoms with van der Waals surface area (Å²) in [5, 5.41) is 19.2. The fourth-order valence-electron chi connectivity index (χ4n) is 4.43. The second-order valence-electron chi connectivity index (χ2n) is 11.4. The van der Waals surface area contributed by atoms with Gasteiger partial charge in [-0.05, 0) is 73.7 Å². The molecule has 2 aromatic rings. The van der Waals surface area contributed by atoms with Crippen LogP contribution in [0.4, 0.5) is 0 Å². The van der Waals surface area contributed by atoms with Gasteiger partial charge < -0.3 is 24.4 Å². The quantitative estimate of drug-likeness (QED) is 0.106. The van der Waals surface area contributed by atoms with E-state index in [0.717, 1.165) is 52.2 Å². The van der Waals surface area contributed by atoms with Crippen LogP contribution in [0.3, 0.4) is 0 Å². The van der Waals surface area contributed by atoms with Crippen molar-refractivity contribution in [3.63, 3.8) is 0 Å². The lowest BCUT2D eigenvalue weighted by Gasteiger charge is -2.26. The van der Waals surface area contributed by atoms with Gasteiger partial charge in [-0.2, -0.15) is 0 Å². The molecule has 0 aliphatic heterocycles. The molecular weight excluding hydrogens is 504 g/mol. The van der Waals surface area contributed by atoms with Gasteiger partial charge in [-0.15, -0.1) is 0 Å². The molecule has 0 heterocycles. The summed E-state index contributed by atoms with van der Waals surface area (Å²) in [6, 6.07) is 10.1. The number of aliphatic hydroxyl groups excluding tert-OH is 2. The Morgan fingerprint density at radius 2 is 1.48 bits per heavy atom. The highest BCUT2D eigenvalue weighted by atomic mass is 16.5. The van der Waals surface area contributed by atoms with E-state index in [0.29, 0.717) is 12.2 Å². The molecule has 6 nitrogen and oxygen atoms in total. The number of benzene rings is 2. The summed E-state index contributed by atoms with van der Waals surface area (Å²) >= 11 is 0. The van der Waals surface area contributed by atoms with Crippen LogP contribution in [-0.2, 0) is 16.1 Å². The van der Waals surface area contributed by atoms with Gasteiger partial charge >= 0.3 is 5.97 Å². The van der Waals surface area contributed by atoms with Gasteiger partial charge in [0, 0.05) is 16.6 Å². The number of esters is 1. The predicted molar refractivity (Wildman–Crippen MR) is 162 cm³/mol. The number of hydrogen-bond donors (Lipinski definition) is 2. The van der Waals surface area contributed by atoms with Crippen LogP contribution >= 0.6 is 0 Å². The van der Waals surface area contributed by atoms with E-state index in [4.69, 9.17) is 14.2 Å². The Balaban J connectivity index is 2.15. The smallest absolute Gasteiger partial charge is 0.333 e.